The Morgan fingerprint density at radius 1 is 1.06 bits per heavy atom. The molecule has 2 saturated heterocycles. The molecule has 0 aromatic heterocycles. The van der Waals surface area contributed by atoms with Crippen molar-refractivity contribution in [3.8, 4) is 0 Å². The van der Waals surface area contributed by atoms with Crippen LogP contribution in [0.25, 0.3) is 0 Å². The first kappa shape index (κ1) is 26.9. The lowest BCUT2D eigenvalue weighted by atomic mass is 9.82. The smallest absolute Gasteiger partial charge is 0.226 e. The Kier molecular flexibility index (Phi) is 8.35. The maximum atomic E-state index is 13.2. The van der Waals surface area contributed by atoms with Crippen molar-refractivity contribution in [1.29, 1.82) is 0 Å². The quantitative estimate of drug-likeness (QED) is 0.424. The predicted octanol–water partition coefficient (Wildman–Crippen LogP) is 6.84. The molecule has 0 bridgehead atoms. The number of aliphatic hydroxyl groups excluding tert-OH is 1. The Balaban J connectivity index is 2.00. The average molecular weight is 470 g/mol. The summed E-state index contributed by atoms with van der Waals surface area (Å²) in [5.74, 6) is 1.25. The fourth-order valence-electron chi connectivity index (χ4n) is 6.02. The van der Waals surface area contributed by atoms with Crippen LogP contribution in [0.4, 0.5) is 0 Å². The van der Waals surface area contributed by atoms with E-state index in [4.69, 9.17) is 4.74 Å². The summed E-state index contributed by atoms with van der Waals surface area (Å²) in [6, 6.07) is 4.50. The molecule has 2 aliphatic rings. The minimum absolute atomic E-state index is 0.0743. The van der Waals surface area contributed by atoms with Crippen LogP contribution >= 0.6 is 0 Å². The highest BCUT2D eigenvalue weighted by molar-refractivity contribution is 5.80. The molecule has 0 unspecified atom stereocenters. The van der Waals surface area contributed by atoms with Gasteiger partial charge < -0.3 is 14.7 Å². The van der Waals surface area contributed by atoms with Crippen molar-refractivity contribution in [2.75, 3.05) is 0 Å². The van der Waals surface area contributed by atoms with Crippen LogP contribution in [0.5, 0.6) is 0 Å². The first-order valence-electron chi connectivity index (χ1n) is 13.3. The second-order valence-electron chi connectivity index (χ2n) is 11.9. The lowest BCUT2D eigenvalue weighted by molar-refractivity contribution is -0.148. The third-order valence-electron chi connectivity index (χ3n) is 7.85. The van der Waals surface area contributed by atoms with Crippen molar-refractivity contribution < 1.29 is 14.6 Å². The number of nitrogens with zero attached hydrogens (tertiary/aromatic N) is 1. The first-order chi connectivity index (χ1) is 15.8. The van der Waals surface area contributed by atoms with E-state index >= 15 is 0 Å². The minimum atomic E-state index is -0.494. The highest BCUT2D eigenvalue weighted by atomic mass is 16.5. The lowest BCUT2D eigenvalue weighted by Crippen LogP contribution is -2.54. The zero-order valence-electron chi connectivity index (χ0n) is 22.9. The standard InChI is InChI=1S/C30H47NO3/c1-16(2)11-26-28(15-25-27(32)12-20(9)30(33)31(25)26)34-21(10)29-23(18(5)6)13-22(17(3)4)14-24(29)19(7)8/h13-14,17-21,25-28,32H,1,11-12,15H2,2-10H3/t20-,21+,25+,26-,27+,28-/m0/s1. The number of carbonyl (C=O) groups is 1. The van der Waals surface area contributed by atoms with E-state index in [2.05, 4.69) is 67.2 Å². The number of hydrogen-bond acceptors (Lipinski definition) is 3. The van der Waals surface area contributed by atoms with E-state index in [-0.39, 0.29) is 36.1 Å². The van der Waals surface area contributed by atoms with Crippen molar-refractivity contribution in [2.24, 2.45) is 5.92 Å². The zero-order chi connectivity index (χ0) is 25.5. The number of fused-ring (bicyclic) bond motifs is 1. The summed E-state index contributed by atoms with van der Waals surface area (Å²) in [6.07, 6.45) is 1.21. The van der Waals surface area contributed by atoms with Crippen LogP contribution in [-0.4, -0.2) is 40.2 Å². The van der Waals surface area contributed by atoms with Crippen molar-refractivity contribution in [3.05, 3.63) is 46.5 Å². The predicted molar refractivity (Wildman–Crippen MR) is 140 cm³/mol. The van der Waals surface area contributed by atoms with E-state index in [9.17, 15) is 9.90 Å². The molecule has 4 nitrogen and oxygen atoms in total. The van der Waals surface area contributed by atoms with Gasteiger partial charge in [0, 0.05) is 5.92 Å². The normalized spacial score (nSPS) is 28.2. The topological polar surface area (TPSA) is 49.8 Å². The zero-order valence-corrected chi connectivity index (χ0v) is 22.9. The number of amides is 1. The Morgan fingerprint density at radius 2 is 1.62 bits per heavy atom. The van der Waals surface area contributed by atoms with Crippen molar-refractivity contribution in [3.63, 3.8) is 0 Å². The number of benzene rings is 1. The van der Waals surface area contributed by atoms with E-state index in [0.29, 0.717) is 37.0 Å². The molecule has 4 heteroatoms. The van der Waals surface area contributed by atoms with Gasteiger partial charge in [-0.1, -0.05) is 66.2 Å². The molecule has 1 aromatic carbocycles. The van der Waals surface area contributed by atoms with Gasteiger partial charge >= 0.3 is 0 Å². The fourth-order valence-corrected chi connectivity index (χ4v) is 6.02. The molecule has 2 fully saturated rings. The second-order valence-corrected chi connectivity index (χ2v) is 11.9. The van der Waals surface area contributed by atoms with Crippen LogP contribution in [0.1, 0.15) is 128 Å². The molecule has 2 heterocycles. The molecule has 1 amide bonds. The third-order valence-corrected chi connectivity index (χ3v) is 7.85. The van der Waals surface area contributed by atoms with Gasteiger partial charge in [-0.25, -0.2) is 0 Å². The molecule has 0 aliphatic carbocycles. The van der Waals surface area contributed by atoms with Gasteiger partial charge in [-0.15, -0.1) is 6.58 Å². The number of piperidine rings is 1. The number of ether oxygens (including phenoxy) is 1. The van der Waals surface area contributed by atoms with Gasteiger partial charge in [0.15, 0.2) is 0 Å². The van der Waals surface area contributed by atoms with E-state index in [1.165, 1.54) is 22.3 Å². The summed E-state index contributed by atoms with van der Waals surface area (Å²) in [6.45, 7) is 23.8. The Morgan fingerprint density at radius 3 is 2.09 bits per heavy atom. The third kappa shape index (κ3) is 5.28. The van der Waals surface area contributed by atoms with Crippen LogP contribution in [0.15, 0.2) is 24.3 Å². The summed E-state index contributed by atoms with van der Waals surface area (Å²) < 4.78 is 6.87. The fraction of sp³-hybridized carbons (Fsp3) is 0.700. The Labute approximate surface area is 207 Å². The van der Waals surface area contributed by atoms with E-state index in [0.717, 1.165) is 5.57 Å². The van der Waals surface area contributed by atoms with Gasteiger partial charge in [-0.3, -0.25) is 4.79 Å². The van der Waals surface area contributed by atoms with Gasteiger partial charge in [0.05, 0.1) is 30.4 Å². The summed E-state index contributed by atoms with van der Waals surface area (Å²) in [7, 11) is 0. The first-order valence-corrected chi connectivity index (χ1v) is 13.3. The van der Waals surface area contributed by atoms with E-state index in [1.807, 2.05) is 18.7 Å². The van der Waals surface area contributed by atoms with Crippen LogP contribution in [0, 0.1) is 5.92 Å². The van der Waals surface area contributed by atoms with Gasteiger partial charge in [-0.2, -0.15) is 0 Å². The monoisotopic (exact) mass is 469 g/mol. The van der Waals surface area contributed by atoms with Crippen LogP contribution in [0.2, 0.25) is 0 Å². The molecule has 2 aliphatic heterocycles. The second kappa shape index (κ2) is 10.5. The Bertz CT molecular complexity index is 873. The molecule has 0 radical (unpaired) electrons. The number of carbonyl (C=O) groups excluding carboxylic acids is 1. The summed E-state index contributed by atoms with van der Waals surface area (Å²) >= 11 is 0. The summed E-state index contributed by atoms with van der Waals surface area (Å²) in [4.78, 5) is 15.1. The molecule has 3 rings (SSSR count). The van der Waals surface area contributed by atoms with Crippen molar-refractivity contribution in [1.82, 2.24) is 4.90 Å². The molecule has 0 spiro atoms. The maximum Gasteiger partial charge on any atom is 0.226 e. The molecule has 1 aromatic rings. The van der Waals surface area contributed by atoms with E-state index < -0.39 is 6.10 Å². The van der Waals surface area contributed by atoms with Gasteiger partial charge in [-0.05, 0) is 73.1 Å². The summed E-state index contributed by atoms with van der Waals surface area (Å²) in [5.41, 5.74) is 6.44. The number of rotatable bonds is 8. The molecular weight excluding hydrogens is 422 g/mol. The van der Waals surface area contributed by atoms with E-state index in [1.54, 1.807) is 0 Å². The van der Waals surface area contributed by atoms with Gasteiger partial charge in [0.1, 0.15) is 0 Å². The molecule has 1 N–H and O–H groups in total. The SMILES string of the molecule is C=C(C)C[C@H]1[C@@H](O[C@H](C)c2c(C(C)C)cc(C(C)C)cc2C(C)C)C[C@@H]2[C@H](O)C[C@H](C)C(=O)N21. The molecule has 34 heavy (non-hydrogen) atoms. The highest BCUT2D eigenvalue weighted by Crippen LogP contribution is 2.42. The highest BCUT2D eigenvalue weighted by Gasteiger charge is 2.51. The lowest BCUT2D eigenvalue weighted by Gasteiger charge is -2.40. The minimum Gasteiger partial charge on any atom is -0.391 e. The molecule has 6 atom stereocenters. The van der Waals surface area contributed by atoms with Crippen LogP contribution in [0.3, 0.4) is 0 Å². The molecule has 190 valence electrons. The van der Waals surface area contributed by atoms with Gasteiger partial charge in [0.2, 0.25) is 5.91 Å². The van der Waals surface area contributed by atoms with Crippen molar-refractivity contribution >= 4 is 5.91 Å². The van der Waals surface area contributed by atoms with Gasteiger partial charge in [0.25, 0.3) is 0 Å². The maximum absolute atomic E-state index is 13.2. The van der Waals surface area contributed by atoms with Crippen molar-refractivity contribution in [2.45, 2.75) is 130 Å². The molecule has 0 saturated carbocycles. The Hall–Kier alpha value is -1.65. The number of aliphatic hydroxyl groups is 1. The summed E-state index contributed by atoms with van der Waals surface area (Å²) in [5, 5.41) is 10.8. The van der Waals surface area contributed by atoms with Crippen LogP contribution in [-0.2, 0) is 9.53 Å². The van der Waals surface area contributed by atoms with Crippen LogP contribution < -0.4 is 0 Å². The molecular formula is C30H47NO3. The largest absolute Gasteiger partial charge is 0.391 e. The number of hydrogen-bond donors (Lipinski definition) is 1. The average Bonchev–Trinajstić information content (AvgIpc) is 3.08.